The summed E-state index contributed by atoms with van der Waals surface area (Å²) in [4.78, 5) is 17.2. The van der Waals surface area contributed by atoms with Crippen LogP contribution in [0, 0.1) is 6.92 Å². The van der Waals surface area contributed by atoms with Gasteiger partial charge in [-0.1, -0.05) is 24.1 Å². The Morgan fingerprint density at radius 3 is 2.58 bits per heavy atom. The molecule has 0 saturated carbocycles. The van der Waals surface area contributed by atoms with Crippen LogP contribution in [0.1, 0.15) is 35.2 Å². The first-order valence-electron chi connectivity index (χ1n) is 9.93. The second kappa shape index (κ2) is 8.78. The summed E-state index contributed by atoms with van der Waals surface area (Å²) >= 11 is 6.13. The molecule has 8 nitrogen and oxygen atoms in total. The van der Waals surface area contributed by atoms with Gasteiger partial charge in [0.2, 0.25) is 10.0 Å². The first-order chi connectivity index (χ1) is 14.9. The minimum atomic E-state index is -3.65. The maximum atomic E-state index is 13.1. The van der Waals surface area contributed by atoms with Gasteiger partial charge in [0.15, 0.2) is 0 Å². The molecule has 4 rings (SSSR count). The zero-order valence-corrected chi connectivity index (χ0v) is 18.5. The molecule has 1 fully saturated rings. The first kappa shape index (κ1) is 21.5. The van der Waals surface area contributed by atoms with Crippen molar-refractivity contribution >= 4 is 33.2 Å². The first-order valence-corrected chi connectivity index (χ1v) is 11.7. The van der Waals surface area contributed by atoms with Crippen molar-refractivity contribution in [3.05, 3.63) is 65.2 Å². The van der Waals surface area contributed by atoms with E-state index in [2.05, 4.69) is 15.4 Å². The molecule has 1 aliphatic rings. The van der Waals surface area contributed by atoms with Gasteiger partial charge in [0, 0.05) is 23.7 Å². The third kappa shape index (κ3) is 4.48. The molecule has 1 saturated heterocycles. The SMILES string of the molecule is Cc1ccc(S(=O)(=O)N2CCCCC2)cc1C(=O)Nc1cc(Cl)ccc1-n1cncn1. The van der Waals surface area contributed by atoms with E-state index >= 15 is 0 Å². The van der Waals surface area contributed by atoms with Crippen LogP contribution < -0.4 is 5.32 Å². The predicted octanol–water partition coefficient (Wildman–Crippen LogP) is 3.66. The number of carbonyl (C=O) groups excluding carboxylic acids is 1. The number of piperidine rings is 1. The smallest absolute Gasteiger partial charge is 0.256 e. The number of rotatable bonds is 5. The van der Waals surface area contributed by atoms with Gasteiger partial charge in [-0.15, -0.1) is 0 Å². The summed E-state index contributed by atoms with van der Waals surface area (Å²) in [5.74, 6) is -0.433. The van der Waals surface area contributed by atoms with Gasteiger partial charge in [0.1, 0.15) is 12.7 Å². The van der Waals surface area contributed by atoms with Crippen LogP contribution in [0.4, 0.5) is 5.69 Å². The Hall–Kier alpha value is -2.75. The lowest BCUT2D eigenvalue weighted by molar-refractivity contribution is 0.102. The average Bonchev–Trinajstić information content (AvgIpc) is 3.29. The molecular formula is C21H22ClN5O3S. The molecule has 0 aliphatic carbocycles. The van der Waals surface area contributed by atoms with Crippen molar-refractivity contribution in [2.75, 3.05) is 18.4 Å². The molecule has 0 spiro atoms. The van der Waals surface area contributed by atoms with Crippen LogP contribution in [0.25, 0.3) is 5.69 Å². The second-order valence-electron chi connectivity index (χ2n) is 7.40. The monoisotopic (exact) mass is 459 g/mol. The zero-order chi connectivity index (χ0) is 22.0. The maximum absolute atomic E-state index is 13.1. The number of anilines is 1. The molecule has 1 aliphatic heterocycles. The van der Waals surface area contributed by atoms with Crippen molar-refractivity contribution in [3.63, 3.8) is 0 Å². The molecule has 31 heavy (non-hydrogen) atoms. The maximum Gasteiger partial charge on any atom is 0.256 e. The topological polar surface area (TPSA) is 97.2 Å². The van der Waals surface area contributed by atoms with Crippen molar-refractivity contribution in [2.45, 2.75) is 31.1 Å². The second-order valence-corrected chi connectivity index (χ2v) is 9.77. The van der Waals surface area contributed by atoms with Gasteiger partial charge in [0.25, 0.3) is 5.91 Å². The third-order valence-corrected chi connectivity index (χ3v) is 7.41. The number of hydrogen-bond acceptors (Lipinski definition) is 5. The highest BCUT2D eigenvalue weighted by molar-refractivity contribution is 7.89. The number of nitrogens with zero attached hydrogens (tertiary/aromatic N) is 4. The highest BCUT2D eigenvalue weighted by Crippen LogP contribution is 2.27. The molecule has 3 aromatic rings. The van der Waals surface area contributed by atoms with Crippen LogP contribution in [-0.4, -0.2) is 46.5 Å². The van der Waals surface area contributed by atoms with Crippen LogP contribution in [0.15, 0.2) is 53.9 Å². The van der Waals surface area contributed by atoms with E-state index in [1.165, 1.54) is 27.7 Å². The summed E-state index contributed by atoms with van der Waals surface area (Å²) in [5.41, 5.74) is 1.97. The van der Waals surface area contributed by atoms with Crippen LogP contribution >= 0.6 is 11.6 Å². The number of sulfonamides is 1. The lowest BCUT2D eigenvalue weighted by Crippen LogP contribution is -2.35. The Labute approximate surface area is 185 Å². The summed E-state index contributed by atoms with van der Waals surface area (Å²) < 4.78 is 29.1. The number of halogens is 1. The molecular weight excluding hydrogens is 438 g/mol. The zero-order valence-electron chi connectivity index (χ0n) is 17.0. The van der Waals surface area contributed by atoms with Crippen molar-refractivity contribution in [1.29, 1.82) is 0 Å². The fraction of sp³-hybridized carbons (Fsp3) is 0.286. The Morgan fingerprint density at radius 1 is 1.10 bits per heavy atom. The largest absolute Gasteiger partial charge is 0.320 e. The third-order valence-electron chi connectivity index (χ3n) is 5.28. The van der Waals surface area contributed by atoms with Gasteiger partial charge < -0.3 is 5.32 Å². The Balaban J connectivity index is 1.66. The van der Waals surface area contributed by atoms with Gasteiger partial charge >= 0.3 is 0 Å². The molecule has 10 heteroatoms. The molecule has 1 aromatic heterocycles. The highest BCUT2D eigenvalue weighted by Gasteiger charge is 2.27. The number of benzene rings is 2. The van der Waals surface area contributed by atoms with Crippen molar-refractivity contribution in [1.82, 2.24) is 19.1 Å². The highest BCUT2D eigenvalue weighted by atomic mass is 35.5. The minimum absolute atomic E-state index is 0.118. The van der Waals surface area contributed by atoms with E-state index in [4.69, 9.17) is 11.6 Å². The normalized spacial score (nSPS) is 15.0. The molecule has 2 heterocycles. The van der Waals surface area contributed by atoms with Crippen molar-refractivity contribution in [3.8, 4) is 5.69 Å². The van der Waals surface area contributed by atoms with Crippen LogP contribution in [0.3, 0.4) is 0 Å². The quantitative estimate of drug-likeness (QED) is 0.628. The number of aromatic nitrogens is 3. The van der Waals surface area contributed by atoms with Crippen LogP contribution in [-0.2, 0) is 10.0 Å². The standard InChI is InChI=1S/C21H22ClN5O3S/c1-15-5-7-17(31(29,30)26-9-3-2-4-10-26)12-18(15)21(28)25-19-11-16(22)6-8-20(19)27-14-23-13-24-27/h5-8,11-14H,2-4,9-10H2,1H3,(H,25,28). The lowest BCUT2D eigenvalue weighted by Gasteiger charge is -2.26. The molecule has 162 valence electrons. The Bertz CT molecular complexity index is 1210. The molecule has 0 atom stereocenters. The minimum Gasteiger partial charge on any atom is -0.320 e. The van der Waals surface area contributed by atoms with E-state index in [-0.39, 0.29) is 10.5 Å². The van der Waals surface area contributed by atoms with E-state index < -0.39 is 15.9 Å². The molecule has 0 radical (unpaired) electrons. The molecule has 1 N–H and O–H groups in total. The summed E-state index contributed by atoms with van der Waals surface area (Å²) in [6.45, 7) is 2.77. The van der Waals surface area contributed by atoms with Crippen LogP contribution in [0.5, 0.6) is 0 Å². The molecule has 0 bridgehead atoms. The van der Waals surface area contributed by atoms with Gasteiger partial charge in [-0.3, -0.25) is 4.79 Å². The van der Waals surface area contributed by atoms with Gasteiger partial charge in [-0.25, -0.2) is 18.1 Å². The molecule has 1 amide bonds. The van der Waals surface area contributed by atoms with Crippen molar-refractivity contribution in [2.24, 2.45) is 0 Å². The number of hydrogen-bond donors (Lipinski definition) is 1. The summed E-state index contributed by atoms with van der Waals surface area (Å²) in [6, 6.07) is 9.66. The predicted molar refractivity (Wildman–Crippen MR) is 118 cm³/mol. The summed E-state index contributed by atoms with van der Waals surface area (Å²) in [7, 11) is -3.65. The Kier molecular flexibility index (Phi) is 6.08. The van der Waals surface area contributed by atoms with Crippen molar-refractivity contribution < 1.29 is 13.2 Å². The lowest BCUT2D eigenvalue weighted by atomic mass is 10.1. The number of amides is 1. The number of aryl methyl sites for hydroxylation is 1. The molecule has 0 unspecified atom stereocenters. The number of carbonyl (C=O) groups is 1. The fourth-order valence-corrected chi connectivity index (χ4v) is 5.31. The van der Waals surface area contributed by atoms with Crippen LogP contribution in [0.2, 0.25) is 5.02 Å². The van der Waals surface area contributed by atoms with Gasteiger partial charge in [-0.2, -0.15) is 9.40 Å². The van der Waals surface area contributed by atoms with Gasteiger partial charge in [0.05, 0.1) is 16.3 Å². The van der Waals surface area contributed by atoms with Gasteiger partial charge in [-0.05, 0) is 55.7 Å². The summed E-state index contributed by atoms with van der Waals surface area (Å²) in [5, 5.41) is 7.38. The Morgan fingerprint density at radius 2 is 1.87 bits per heavy atom. The van der Waals surface area contributed by atoms with E-state index in [0.717, 1.165) is 19.3 Å². The molecule has 2 aromatic carbocycles. The van der Waals surface area contributed by atoms with E-state index in [9.17, 15) is 13.2 Å². The van der Waals surface area contributed by atoms with E-state index in [1.54, 1.807) is 37.3 Å². The van der Waals surface area contributed by atoms with E-state index in [1.807, 2.05) is 0 Å². The summed E-state index contributed by atoms with van der Waals surface area (Å²) in [6.07, 6.45) is 5.62. The number of nitrogens with one attached hydrogen (secondary N) is 1. The van der Waals surface area contributed by atoms with E-state index in [0.29, 0.717) is 35.1 Å². The fourth-order valence-electron chi connectivity index (χ4n) is 3.59. The average molecular weight is 460 g/mol.